The maximum absolute atomic E-state index is 11.5. The van der Waals surface area contributed by atoms with Gasteiger partial charge in [0.2, 0.25) is 6.04 Å². The summed E-state index contributed by atoms with van der Waals surface area (Å²) < 4.78 is 5.10. The van der Waals surface area contributed by atoms with Crippen molar-refractivity contribution >= 4 is 55.8 Å². The highest BCUT2D eigenvalue weighted by Gasteiger charge is 2.30. The van der Waals surface area contributed by atoms with Gasteiger partial charge in [0.15, 0.2) is 0 Å². The standard InChI is InChI=1S/C8H12N2O5S3/c9-4(3-16)7(13)15-8(14)5(10(17)18)1-2-6(11)12/h4-5,16H,1-3,9H2,(H,11,12)/t4-,5-/m0/s1. The van der Waals surface area contributed by atoms with Crippen LogP contribution in [-0.2, 0) is 44.4 Å². The van der Waals surface area contributed by atoms with Crippen LogP contribution in [0.15, 0.2) is 0 Å². The lowest BCUT2D eigenvalue weighted by atomic mass is 10.2. The molecule has 7 nitrogen and oxygen atoms in total. The van der Waals surface area contributed by atoms with E-state index in [1.165, 1.54) is 0 Å². The normalized spacial score (nSPS) is 13.4. The molecule has 102 valence electrons. The van der Waals surface area contributed by atoms with Gasteiger partial charge in [0.25, 0.3) is 0 Å². The summed E-state index contributed by atoms with van der Waals surface area (Å²) in [6.07, 6.45) is -0.471. The molecule has 0 spiro atoms. The van der Waals surface area contributed by atoms with Crippen LogP contribution >= 0.6 is 12.6 Å². The maximum atomic E-state index is 11.5. The minimum Gasteiger partial charge on any atom is -0.481 e. The number of carboxylic acids is 1. The van der Waals surface area contributed by atoms with Crippen LogP contribution in [-0.4, -0.2) is 44.2 Å². The number of nitrogens with zero attached hydrogens (tertiary/aromatic N) is 1. The van der Waals surface area contributed by atoms with E-state index in [0.29, 0.717) is 3.35 Å². The molecule has 0 unspecified atom stereocenters. The number of carbonyl (C=O) groups is 3. The van der Waals surface area contributed by atoms with Gasteiger partial charge in [-0.15, -0.1) is 0 Å². The van der Waals surface area contributed by atoms with Crippen molar-refractivity contribution in [3.05, 3.63) is 0 Å². The molecule has 18 heavy (non-hydrogen) atoms. The van der Waals surface area contributed by atoms with E-state index in [0.717, 1.165) is 0 Å². The Kier molecular flexibility index (Phi) is 7.91. The fraction of sp³-hybridized carbons (Fsp3) is 0.625. The Bertz CT molecular complexity index is 363. The quantitative estimate of drug-likeness (QED) is 0.176. The zero-order valence-electron chi connectivity index (χ0n) is 9.14. The van der Waals surface area contributed by atoms with Gasteiger partial charge >= 0.3 is 17.9 Å². The lowest BCUT2D eigenvalue weighted by Crippen LogP contribution is -2.40. The summed E-state index contributed by atoms with van der Waals surface area (Å²) in [7, 11) is 0. The number of rotatable bonds is 7. The van der Waals surface area contributed by atoms with Gasteiger partial charge < -0.3 is 15.6 Å². The summed E-state index contributed by atoms with van der Waals surface area (Å²) in [5.41, 5.74) is 5.30. The van der Waals surface area contributed by atoms with Gasteiger partial charge in [-0.2, -0.15) is 12.6 Å². The summed E-state index contributed by atoms with van der Waals surface area (Å²) in [5, 5.41) is 8.50. The highest BCUT2D eigenvalue weighted by atomic mass is 32.2. The smallest absolute Gasteiger partial charge is 0.382 e. The van der Waals surface area contributed by atoms with Gasteiger partial charge in [0.1, 0.15) is 6.04 Å². The minimum absolute atomic E-state index is 0.0113. The number of carbonyl (C=O) groups excluding carboxylic acids is 2. The summed E-state index contributed by atoms with van der Waals surface area (Å²) >= 11 is 12.9. The first-order valence-corrected chi connectivity index (χ1v) is 6.13. The number of ether oxygens (including phenoxy) is 1. The van der Waals surface area contributed by atoms with E-state index in [9.17, 15) is 14.4 Å². The predicted octanol–water partition coefficient (Wildman–Crippen LogP) is -1.25. The van der Waals surface area contributed by atoms with Crippen LogP contribution in [0.1, 0.15) is 12.8 Å². The number of nitrogens with two attached hydrogens (primary N) is 1. The molecule has 3 N–H and O–H groups in total. The number of hydrogen-bond donors (Lipinski definition) is 3. The number of esters is 2. The molecule has 0 saturated heterocycles. The van der Waals surface area contributed by atoms with E-state index < -0.39 is 30.0 Å². The zero-order chi connectivity index (χ0) is 14.3. The Hall–Kier alpha value is -0.840. The molecular weight excluding hydrogens is 300 g/mol. The monoisotopic (exact) mass is 312 g/mol. The fourth-order valence-electron chi connectivity index (χ4n) is 0.887. The Morgan fingerprint density at radius 3 is 2.39 bits per heavy atom. The van der Waals surface area contributed by atoms with Gasteiger partial charge in [-0.05, 0) is 0 Å². The van der Waals surface area contributed by atoms with Crippen molar-refractivity contribution in [2.45, 2.75) is 24.9 Å². The third kappa shape index (κ3) is 6.19. The van der Waals surface area contributed by atoms with E-state index in [4.69, 9.17) is 10.8 Å². The van der Waals surface area contributed by atoms with Gasteiger partial charge in [-0.25, -0.2) is 12.9 Å². The SMILES string of the molecule is N[C@@H](CS)C(=O)OC(=O)[C@H](CCC(=O)O)[N+](=S)[S-]. The average molecular weight is 312 g/mol. The van der Waals surface area contributed by atoms with Crippen LogP contribution in [0.4, 0.5) is 0 Å². The Morgan fingerprint density at radius 2 is 2.00 bits per heavy atom. The number of hydrogen-bond acceptors (Lipinski definition) is 8. The molecule has 0 aliphatic heterocycles. The van der Waals surface area contributed by atoms with Gasteiger partial charge in [0.05, 0.1) is 6.42 Å². The van der Waals surface area contributed by atoms with Crippen LogP contribution in [0, 0.1) is 0 Å². The molecule has 0 aromatic heterocycles. The summed E-state index contributed by atoms with van der Waals surface area (Å²) in [6.45, 7) is 0. The number of thiol groups is 1. The van der Waals surface area contributed by atoms with E-state index in [-0.39, 0.29) is 18.6 Å². The lowest BCUT2D eigenvalue weighted by molar-refractivity contribution is -0.357. The van der Waals surface area contributed by atoms with Crippen molar-refractivity contribution in [2.24, 2.45) is 5.73 Å². The van der Waals surface area contributed by atoms with Crippen LogP contribution in [0.3, 0.4) is 0 Å². The van der Waals surface area contributed by atoms with Crippen LogP contribution in [0.5, 0.6) is 0 Å². The molecule has 0 bridgehead atoms. The molecule has 0 aliphatic carbocycles. The van der Waals surface area contributed by atoms with Crippen molar-refractivity contribution in [1.82, 2.24) is 0 Å². The van der Waals surface area contributed by atoms with Crippen LogP contribution in [0.25, 0.3) is 0 Å². The number of aliphatic carboxylic acids is 1. The molecule has 2 atom stereocenters. The van der Waals surface area contributed by atoms with E-state index in [1.54, 1.807) is 0 Å². The molecule has 0 saturated carbocycles. The first-order valence-electron chi connectivity index (χ1n) is 4.76. The summed E-state index contributed by atoms with van der Waals surface area (Å²) in [4.78, 5) is 33.2. The first kappa shape index (κ1) is 17.2. The Labute approximate surface area is 120 Å². The summed E-state index contributed by atoms with van der Waals surface area (Å²) in [6, 6.07) is -2.21. The van der Waals surface area contributed by atoms with Crippen LogP contribution < -0.4 is 5.73 Å². The molecular formula is C8H12N2O5S3. The van der Waals surface area contributed by atoms with E-state index in [2.05, 4.69) is 42.6 Å². The Balaban J connectivity index is 4.53. The Morgan fingerprint density at radius 1 is 1.44 bits per heavy atom. The zero-order valence-corrected chi connectivity index (χ0v) is 11.7. The van der Waals surface area contributed by atoms with Crippen molar-refractivity contribution < 1.29 is 27.6 Å². The molecule has 0 rings (SSSR count). The van der Waals surface area contributed by atoms with E-state index >= 15 is 0 Å². The maximum Gasteiger partial charge on any atom is 0.382 e. The summed E-state index contributed by atoms with van der Waals surface area (Å²) in [5.74, 6) is -3.07. The third-order valence-corrected chi connectivity index (χ3v) is 2.76. The van der Waals surface area contributed by atoms with Crippen molar-refractivity contribution in [2.75, 3.05) is 5.75 Å². The lowest BCUT2D eigenvalue weighted by Gasteiger charge is -2.13. The molecule has 0 amide bonds. The minimum atomic E-state index is -1.16. The second kappa shape index (κ2) is 8.29. The number of carboxylic acid groups (broad SMARTS) is 1. The van der Waals surface area contributed by atoms with E-state index in [1.807, 2.05) is 0 Å². The molecule has 10 heteroatoms. The first-order chi connectivity index (χ1) is 8.29. The van der Waals surface area contributed by atoms with Crippen molar-refractivity contribution in [1.29, 1.82) is 0 Å². The molecule has 0 heterocycles. The third-order valence-electron chi connectivity index (χ3n) is 1.86. The largest absolute Gasteiger partial charge is 0.481 e. The predicted molar refractivity (Wildman–Crippen MR) is 68.6 cm³/mol. The fourth-order valence-corrected chi connectivity index (χ4v) is 1.42. The average Bonchev–Trinajstić information content (AvgIpc) is 2.26. The van der Waals surface area contributed by atoms with Crippen LogP contribution in [0.2, 0.25) is 0 Å². The highest BCUT2D eigenvalue weighted by molar-refractivity contribution is 7.80. The van der Waals surface area contributed by atoms with Gasteiger partial charge in [-0.3, -0.25) is 4.79 Å². The van der Waals surface area contributed by atoms with Gasteiger partial charge in [-0.1, -0.05) is 25.2 Å². The van der Waals surface area contributed by atoms with Crippen molar-refractivity contribution in [3.63, 3.8) is 0 Å². The molecule has 0 aromatic carbocycles. The highest BCUT2D eigenvalue weighted by Crippen LogP contribution is 2.05. The van der Waals surface area contributed by atoms with Gasteiger partial charge in [0, 0.05) is 12.2 Å². The molecule has 0 fully saturated rings. The topological polar surface area (TPSA) is 110 Å². The van der Waals surface area contributed by atoms with Crippen molar-refractivity contribution in [3.8, 4) is 0 Å². The molecule has 0 aromatic rings. The second-order valence-electron chi connectivity index (χ2n) is 3.26. The molecule has 0 radical (unpaired) electrons. The molecule has 0 aliphatic rings. The second-order valence-corrected chi connectivity index (χ2v) is 4.65.